The summed E-state index contributed by atoms with van der Waals surface area (Å²) < 4.78 is 0. The Morgan fingerprint density at radius 1 is 1.40 bits per heavy atom. The van der Waals surface area contributed by atoms with E-state index in [0.717, 1.165) is 0 Å². The molecule has 0 aliphatic carbocycles. The molecule has 0 radical (unpaired) electrons. The van der Waals surface area contributed by atoms with Crippen LogP contribution in [0.25, 0.3) is 0 Å². The van der Waals surface area contributed by atoms with Crippen LogP contribution in [0.5, 0.6) is 0 Å². The molecule has 0 bridgehead atoms. The lowest BCUT2D eigenvalue weighted by atomic mass is 10.0. The number of halogens is 1. The predicted molar refractivity (Wildman–Crippen MR) is 81.7 cm³/mol. The third-order valence-corrected chi connectivity index (χ3v) is 4.13. The van der Waals surface area contributed by atoms with Crippen molar-refractivity contribution in [3.8, 4) is 0 Å². The normalized spacial score (nSPS) is 12.4. The monoisotopic (exact) mass is 310 g/mol. The number of hydrogen-bond donors (Lipinski definition) is 2. The van der Waals surface area contributed by atoms with Crippen molar-refractivity contribution >= 4 is 34.7 Å². The van der Waals surface area contributed by atoms with Crippen molar-refractivity contribution in [1.29, 1.82) is 0 Å². The van der Waals surface area contributed by atoms with Crippen LogP contribution in [0.15, 0.2) is 29.6 Å². The summed E-state index contributed by atoms with van der Waals surface area (Å²) >= 11 is 7.48. The number of carboxylic acid groups (broad SMARTS) is 1. The summed E-state index contributed by atoms with van der Waals surface area (Å²) in [4.78, 5) is 16.3. The van der Waals surface area contributed by atoms with Crippen molar-refractivity contribution in [3.63, 3.8) is 0 Å². The van der Waals surface area contributed by atoms with Gasteiger partial charge in [0.15, 0.2) is 5.69 Å². The smallest absolute Gasteiger partial charge is 0.356 e. The van der Waals surface area contributed by atoms with Gasteiger partial charge in [-0.25, -0.2) is 9.78 Å². The quantitative estimate of drug-likeness (QED) is 0.864. The van der Waals surface area contributed by atoms with E-state index in [0.29, 0.717) is 11.7 Å². The Morgan fingerprint density at radius 3 is 2.70 bits per heavy atom. The van der Waals surface area contributed by atoms with Crippen LogP contribution in [-0.2, 0) is 0 Å². The van der Waals surface area contributed by atoms with E-state index in [1.807, 2.05) is 11.4 Å². The van der Waals surface area contributed by atoms with Gasteiger partial charge in [-0.2, -0.15) is 0 Å². The minimum Gasteiger partial charge on any atom is -0.476 e. The van der Waals surface area contributed by atoms with Crippen LogP contribution in [0, 0.1) is 5.92 Å². The van der Waals surface area contributed by atoms with Crippen LogP contribution < -0.4 is 5.32 Å². The first-order valence-electron chi connectivity index (χ1n) is 6.19. The van der Waals surface area contributed by atoms with Crippen LogP contribution in [0.1, 0.15) is 35.3 Å². The van der Waals surface area contributed by atoms with Gasteiger partial charge in [-0.15, -0.1) is 11.3 Å². The summed E-state index contributed by atoms with van der Waals surface area (Å²) in [5.74, 6) is -0.269. The Hall–Kier alpha value is -1.59. The van der Waals surface area contributed by atoms with E-state index in [1.54, 1.807) is 23.5 Å². The summed E-state index contributed by atoms with van der Waals surface area (Å²) in [6.45, 7) is 4.21. The Balaban J connectivity index is 2.28. The van der Waals surface area contributed by atoms with Gasteiger partial charge >= 0.3 is 5.97 Å². The van der Waals surface area contributed by atoms with Gasteiger partial charge < -0.3 is 10.4 Å². The SMILES string of the molecule is CC(C)C(Nc1ccc(Cl)c(C(=O)O)n1)c1cccs1. The van der Waals surface area contributed by atoms with Gasteiger partial charge in [-0.3, -0.25) is 0 Å². The van der Waals surface area contributed by atoms with Crippen LogP contribution in [0.2, 0.25) is 5.02 Å². The Bertz CT molecular complexity index is 599. The maximum absolute atomic E-state index is 11.0. The van der Waals surface area contributed by atoms with Crippen molar-refractivity contribution in [2.24, 2.45) is 5.92 Å². The highest BCUT2D eigenvalue weighted by Gasteiger charge is 2.18. The molecule has 2 N–H and O–H groups in total. The van der Waals surface area contributed by atoms with E-state index in [9.17, 15) is 4.79 Å². The highest BCUT2D eigenvalue weighted by Crippen LogP contribution is 2.29. The molecule has 2 aromatic heterocycles. The number of carboxylic acids is 1. The maximum atomic E-state index is 11.0. The summed E-state index contributed by atoms with van der Waals surface area (Å²) in [6, 6.07) is 7.38. The average molecular weight is 311 g/mol. The van der Waals surface area contributed by atoms with Crippen molar-refractivity contribution in [2.45, 2.75) is 19.9 Å². The topological polar surface area (TPSA) is 62.2 Å². The first-order chi connectivity index (χ1) is 9.49. The summed E-state index contributed by atoms with van der Waals surface area (Å²) in [5, 5.41) is 14.5. The van der Waals surface area contributed by atoms with Crippen molar-refractivity contribution in [1.82, 2.24) is 4.98 Å². The number of rotatable bonds is 5. The Labute approximate surface area is 126 Å². The number of pyridine rings is 1. The molecule has 0 aromatic carbocycles. The first-order valence-corrected chi connectivity index (χ1v) is 7.44. The molecule has 20 heavy (non-hydrogen) atoms. The highest BCUT2D eigenvalue weighted by molar-refractivity contribution is 7.10. The minimum absolute atomic E-state index is 0.0883. The zero-order valence-electron chi connectivity index (χ0n) is 11.1. The van der Waals surface area contributed by atoms with E-state index in [1.165, 1.54) is 4.88 Å². The van der Waals surface area contributed by atoms with Crippen LogP contribution in [-0.4, -0.2) is 16.1 Å². The molecule has 2 rings (SSSR count). The van der Waals surface area contributed by atoms with Crippen LogP contribution >= 0.6 is 22.9 Å². The number of aromatic carboxylic acids is 1. The lowest BCUT2D eigenvalue weighted by molar-refractivity contribution is 0.0691. The zero-order chi connectivity index (χ0) is 14.7. The van der Waals surface area contributed by atoms with E-state index in [4.69, 9.17) is 16.7 Å². The first kappa shape index (κ1) is 14.8. The van der Waals surface area contributed by atoms with Gasteiger partial charge in [0.25, 0.3) is 0 Å². The zero-order valence-corrected chi connectivity index (χ0v) is 12.7. The van der Waals surface area contributed by atoms with Crippen molar-refractivity contribution in [3.05, 3.63) is 45.2 Å². The van der Waals surface area contributed by atoms with Gasteiger partial charge in [0.2, 0.25) is 0 Å². The molecule has 0 aliphatic heterocycles. The molecule has 1 atom stereocenters. The molecule has 2 heterocycles. The van der Waals surface area contributed by atoms with Gasteiger partial charge in [0.05, 0.1) is 11.1 Å². The molecule has 2 aromatic rings. The third kappa shape index (κ3) is 3.29. The van der Waals surface area contributed by atoms with Crippen molar-refractivity contribution < 1.29 is 9.90 Å². The highest BCUT2D eigenvalue weighted by atomic mass is 35.5. The van der Waals surface area contributed by atoms with E-state index >= 15 is 0 Å². The number of hydrogen-bond acceptors (Lipinski definition) is 4. The lowest BCUT2D eigenvalue weighted by Gasteiger charge is -2.22. The Kier molecular flexibility index (Phi) is 4.62. The van der Waals surface area contributed by atoms with Gasteiger partial charge in [0, 0.05) is 4.88 Å². The molecule has 0 aliphatic rings. The molecule has 106 valence electrons. The summed E-state index contributed by atoms with van der Waals surface area (Å²) in [7, 11) is 0. The van der Waals surface area contributed by atoms with Crippen molar-refractivity contribution in [2.75, 3.05) is 5.32 Å². The molecule has 0 spiro atoms. The second-order valence-electron chi connectivity index (χ2n) is 4.71. The van der Waals surface area contributed by atoms with Crippen LogP contribution in [0.3, 0.4) is 0 Å². The number of aromatic nitrogens is 1. The summed E-state index contributed by atoms with van der Waals surface area (Å²) in [6.07, 6.45) is 0. The maximum Gasteiger partial charge on any atom is 0.356 e. The minimum atomic E-state index is -1.13. The van der Waals surface area contributed by atoms with Gasteiger partial charge in [-0.1, -0.05) is 31.5 Å². The average Bonchev–Trinajstić information content (AvgIpc) is 2.90. The van der Waals surface area contributed by atoms with Crippen LogP contribution in [0.4, 0.5) is 5.82 Å². The number of anilines is 1. The predicted octanol–water partition coefficient (Wildman–Crippen LogP) is 4.30. The third-order valence-electron chi connectivity index (χ3n) is 2.87. The van der Waals surface area contributed by atoms with E-state index < -0.39 is 5.97 Å². The molecule has 0 saturated carbocycles. The van der Waals surface area contributed by atoms with E-state index in [2.05, 4.69) is 30.2 Å². The molecular weight excluding hydrogens is 296 g/mol. The fraction of sp³-hybridized carbons (Fsp3) is 0.286. The van der Waals surface area contributed by atoms with Gasteiger partial charge in [-0.05, 0) is 29.5 Å². The second kappa shape index (κ2) is 6.24. The molecule has 1 unspecified atom stereocenters. The fourth-order valence-electron chi connectivity index (χ4n) is 1.87. The molecule has 0 amide bonds. The lowest BCUT2D eigenvalue weighted by Crippen LogP contribution is -2.17. The Morgan fingerprint density at radius 2 is 2.15 bits per heavy atom. The molecule has 6 heteroatoms. The fourth-order valence-corrected chi connectivity index (χ4v) is 3.00. The molecule has 0 saturated heterocycles. The second-order valence-corrected chi connectivity index (χ2v) is 6.10. The largest absolute Gasteiger partial charge is 0.476 e. The number of thiophene rings is 1. The van der Waals surface area contributed by atoms with E-state index in [-0.39, 0.29) is 16.8 Å². The molecular formula is C14H15ClN2O2S. The number of carbonyl (C=O) groups is 1. The number of nitrogens with zero attached hydrogens (tertiary/aromatic N) is 1. The molecule has 4 nitrogen and oxygen atoms in total. The number of nitrogens with one attached hydrogen (secondary N) is 1. The molecule has 0 fully saturated rings. The summed E-state index contributed by atoms with van der Waals surface area (Å²) in [5.41, 5.74) is -0.134. The standard InChI is InChI=1S/C14H15ClN2O2S/c1-8(2)12(10-4-3-7-20-10)16-11-6-5-9(15)13(17-11)14(18)19/h3-8,12H,1-2H3,(H,16,17)(H,18,19). The van der Waals surface area contributed by atoms with Gasteiger partial charge in [0.1, 0.15) is 5.82 Å².